The van der Waals surface area contributed by atoms with E-state index in [0.717, 1.165) is 0 Å². The number of aliphatic hydroxyl groups is 1. The zero-order chi connectivity index (χ0) is 13.7. The highest BCUT2D eigenvalue weighted by Gasteiger charge is 2.09. The van der Waals surface area contributed by atoms with Crippen LogP contribution in [-0.4, -0.2) is 50.6 Å². The average Bonchev–Trinajstić information content (AvgIpc) is 2.33. The van der Waals surface area contributed by atoms with Crippen LogP contribution >= 0.6 is 0 Å². The second-order valence-electron chi connectivity index (χ2n) is 3.10. The first kappa shape index (κ1) is 18.5. The van der Waals surface area contributed by atoms with Gasteiger partial charge in [-0.15, -0.1) is 0 Å². The molecule has 0 aromatic rings. The van der Waals surface area contributed by atoms with Crippen LogP contribution in [0.15, 0.2) is 0 Å². The molecule has 0 saturated heterocycles. The number of ether oxygens (including phenoxy) is 4. The molecule has 0 aliphatic carbocycles. The van der Waals surface area contributed by atoms with Gasteiger partial charge in [0.2, 0.25) is 0 Å². The number of aliphatic hydroxyl groups excluding tert-OH is 1. The third-order valence-electron chi connectivity index (χ3n) is 1.35. The Morgan fingerprint density at radius 1 is 1.18 bits per heavy atom. The SMILES string of the molecule is CC.COCOC(=O)OCC(C)OCC(C)O. The summed E-state index contributed by atoms with van der Waals surface area (Å²) >= 11 is 0. The van der Waals surface area contributed by atoms with Crippen molar-refractivity contribution < 1.29 is 28.8 Å². The summed E-state index contributed by atoms with van der Waals surface area (Å²) in [6, 6.07) is 0. The van der Waals surface area contributed by atoms with Gasteiger partial charge in [0.15, 0.2) is 6.79 Å². The monoisotopic (exact) mass is 252 g/mol. The van der Waals surface area contributed by atoms with E-state index < -0.39 is 12.3 Å². The van der Waals surface area contributed by atoms with Crippen LogP contribution in [0.3, 0.4) is 0 Å². The van der Waals surface area contributed by atoms with Gasteiger partial charge in [-0.2, -0.15) is 0 Å². The summed E-state index contributed by atoms with van der Waals surface area (Å²) in [6.07, 6.45) is -1.62. The first-order chi connectivity index (χ1) is 8.06. The van der Waals surface area contributed by atoms with E-state index in [2.05, 4.69) is 9.47 Å². The van der Waals surface area contributed by atoms with Crippen LogP contribution in [0.1, 0.15) is 27.7 Å². The second kappa shape index (κ2) is 13.2. The van der Waals surface area contributed by atoms with E-state index >= 15 is 0 Å². The third kappa shape index (κ3) is 15.1. The summed E-state index contributed by atoms with van der Waals surface area (Å²) in [7, 11) is 1.40. The molecule has 2 unspecified atom stereocenters. The molecule has 17 heavy (non-hydrogen) atoms. The van der Waals surface area contributed by atoms with Gasteiger partial charge in [0.05, 0.1) is 18.8 Å². The Bertz CT molecular complexity index is 171. The normalized spacial score (nSPS) is 13.1. The zero-order valence-electron chi connectivity index (χ0n) is 11.3. The first-order valence-corrected chi connectivity index (χ1v) is 5.64. The predicted octanol–water partition coefficient (Wildman–Crippen LogP) is 1.56. The highest BCUT2D eigenvalue weighted by Crippen LogP contribution is 1.96. The second-order valence-corrected chi connectivity index (χ2v) is 3.10. The summed E-state index contributed by atoms with van der Waals surface area (Å²) in [5, 5.41) is 8.92. The summed E-state index contributed by atoms with van der Waals surface area (Å²) in [5.74, 6) is 0. The van der Waals surface area contributed by atoms with Crippen molar-refractivity contribution in [1.29, 1.82) is 0 Å². The van der Waals surface area contributed by atoms with Gasteiger partial charge in [0.1, 0.15) is 6.61 Å². The van der Waals surface area contributed by atoms with Crippen LogP contribution in [0.2, 0.25) is 0 Å². The molecule has 0 radical (unpaired) electrons. The van der Waals surface area contributed by atoms with Crippen LogP contribution in [0.25, 0.3) is 0 Å². The van der Waals surface area contributed by atoms with Crippen molar-refractivity contribution in [2.24, 2.45) is 0 Å². The van der Waals surface area contributed by atoms with Gasteiger partial charge in [-0.25, -0.2) is 4.79 Å². The van der Waals surface area contributed by atoms with Crippen LogP contribution in [0.5, 0.6) is 0 Å². The maximum absolute atomic E-state index is 10.8. The molecule has 0 aromatic heterocycles. The minimum Gasteiger partial charge on any atom is -0.431 e. The minimum atomic E-state index is -0.802. The lowest BCUT2D eigenvalue weighted by Crippen LogP contribution is -2.23. The Kier molecular flexibility index (Phi) is 14.4. The molecule has 6 heteroatoms. The van der Waals surface area contributed by atoms with E-state index in [1.54, 1.807) is 13.8 Å². The Morgan fingerprint density at radius 2 is 1.76 bits per heavy atom. The van der Waals surface area contributed by atoms with Gasteiger partial charge in [-0.1, -0.05) is 13.8 Å². The number of hydrogen-bond donors (Lipinski definition) is 1. The number of methoxy groups -OCH3 is 1. The molecule has 0 bridgehead atoms. The Hall–Kier alpha value is -0.850. The smallest absolute Gasteiger partial charge is 0.431 e. The van der Waals surface area contributed by atoms with Gasteiger partial charge < -0.3 is 24.1 Å². The number of rotatable bonds is 7. The molecule has 0 aliphatic heterocycles. The third-order valence-corrected chi connectivity index (χ3v) is 1.35. The molecule has 1 N–H and O–H groups in total. The van der Waals surface area contributed by atoms with Gasteiger partial charge in [-0.3, -0.25) is 0 Å². The van der Waals surface area contributed by atoms with E-state index in [1.165, 1.54) is 7.11 Å². The molecular weight excluding hydrogens is 228 g/mol. The lowest BCUT2D eigenvalue weighted by molar-refractivity contribution is -0.0551. The maximum atomic E-state index is 10.8. The van der Waals surface area contributed by atoms with Crippen LogP contribution in [-0.2, 0) is 18.9 Å². The molecule has 0 spiro atoms. The number of hydrogen-bond acceptors (Lipinski definition) is 6. The Balaban J connectivity index is 0. The summed E-state index contributed by atoms with van der Waals surface area (Å²) in [5.41, 5.74) is 0. The summed E-state index contributed by atoms with van der Waals surface area (Å²) in [4.78, 5) is 10.8. The van der Waals surface area contributed by atoms with Crippen molar-refractivity contribution in [3.8, 4) is 0 Å². The molecule has 2 atom stereocenters. The van der Waals surface area contributed by atoms with Crippen LogP contribution in [0, 0.1) is 0 Å². The highest BCUT2D eigenvalue weighted by molar-refractivity contribution is 5.59. The van der Waals surface area contributed by atoms with Gasteiger partial charge in [-0.05, 0) is 13.8 Å². The molecule has 104 valence electrons. The van der Waals surface area contributed by atoms with E-state index in [0.29, 0.717) is 0 Å². The van der Waals surface area contributed by atoms with Crippen LogP contribution in [0.4, 0.5) is 4.79 Å². The minimum absolute atomic E-state index is 0.0786. The van der Waals surface area contributed by atoms with Crippen molar-refractivity contribution in [2.75, 3.05) is 27.1 Å². The standard InChI is InChI=1S/C9H18O6.C2H6/c1-7(10)4-13-8(2)5-14-9(11)15-6-12-3;1-2/h7-8,10H,4-6H2,1-3H3;1-2H3. The maximum Gasteiger partial charge on any atom is 0.510 e. The van der Waals surface area contributed by atoms with Crippen molar-refractivity contribution >= 4 is 6.16 Å². The van der Waals surface area contributed by atoms with E-state index in [9.17, 15) is 4.79 Å². The lowest BCUT2D eigenvalue weighted by Gasteiger charge is -2.14. The van der Waals surface area contributed by atoms with E-state index in [4.69, 9.17) is 14.6 Å². The molecule has 0 fully saturated rings. The van der Waals surface area contributed by atoms with E-state index in [-0.39, 0.29) is 26.1 Å². The average molecular weight is 252 g/mol. The first-order valence-electron chi connectivity index (χ1n) is 5.64. The molecule has 0 rings (SSSR count). The Morgan fingerprint density at radius 3 is 2.24 bits per heavy atom. The number of carbonyl (C=O) groups excluding carboxylic acids is 1. The van der Waals surface area contributed by atoms with Crippen LogP contribution < -0.4 is 0 Å². The quantitative estimate of drug-likeness (QED) is 0.547. The molecule has 0 aromatic carbocycles. The molecule has 0 saturated carbocycles. The summed E-state index contributed by atoms with van der Waals surface area (Å²) < 4.78 is 18.8. The zero-order valence-corrected chi connectivity index (χ0v) is 11.3. The van der Waals surface area contributed by atoms with Crippen molar-refractivity contribution in [3.05, 3.63) is 0 Å². The van der Waals surface area contributed by atoms with Crippen molar-refractivity contribution in [1.82, 2.24) is 0 Å². The molecule has 0 aliphatic rings. The summed E-state index contributed by atoms with van der Waals surface area (Å²) in [6.45, 7) is 7.49. The topological polar surface area (TPSA) is 74.2 Å². The highest BCUT2D eigenvalue weighted by atomic mass is 16.8. The fraction of sp³-hybridized carbons (Fsp3) is 0.909. The molecule has 0 amide bonds. The molecule has 0 heterocycles. The van der Waals surface area contributed by atoms with Gasteiger partial charge >= 0.3 is 6.16 Å². The largest absolute Gasteiger partial charge is 0.510 e. The lowest BCUT2D eigenvalue weighted by atomic mass is 10.4. The van der Waals surface area contributed by atoms with Gasteiger partial charge in [0.25, 0.3) is 0 Å². The fourth-order valence-electron chi connectivity index (χ4n) is 0.686. The molecule has 6 nitrogen and oxygen atoms in total. The Labute approximate surface area is 103 Å². The fourth-order valence-corrected chi connectivity index (χ4v) is 0.686. The van der Waals surface area contributed by atoms with Crippen molar-refractivity contribution in [3.63, 3.8) is 0 Å². The molecular formula is C11H24O6. The number of carbonyl (C=O) groups is 1. The van der Waals surface area contributed by atoms with Crippen molar-refractivity contribution in [2.45, 2.75) is 39.9 Å². The van der Waals surface area contributed by atoms with Gasteiger partial charge in [0, 0.05) is 7.11 Å². The predicted molar refractivity (Wildman–Crippen MR) is 62.8 cm³/mol. The van der Waals surface area contributed by atoms with E-state index in [1.807, 2.05) is 13.8 Å².